The van der Waals surface area contributed by atoms with Crippen LogP contribution in [-0.2, 0) is 17.9 Å². The van der Waals surface area contributed by atoms with Crippen LogP contribution in [-0.4, -0.2) is 65.9 Å². The molecule has 1 aliphatic rings. The van der Waals surface area contributed by atoms with Crippen molar-refractivity contribution in [1.82, 2.24) is 30.4 Å². The number of aromatic nitrogens is 2. The second-order valence-corrected chi connectivity index (χ2v) is 9.52. The average Bonchev–Trinajstić information content (AvgIpc) is 3.02. The Labute approximate surface area is 194 Å². The third kappa shape index (κ3) is 5.24. The van der Waals surface area contributed by atoms with E-state index in [1.165, 1.54) is 0 Å². The van der Waals surface area contributed by atoms with Gasteiger partial charge in [0.15, 0.2) is 5.69 Å². The highest BCUT2D eigenvalue weighted by Crippen LogP contribution is 2.27. The van der Waals surface area contributed by atoms with Crippen LogP contribution in [0.4, 0.5) is 0 Å². The van der Waals surface area contributed by atoms with Gasteiger partial charge in [0.25, 0.3) is 11.8 Å². The van der Waals surface area contributed by atoms with Crippen molar-refractivity contribution >= 4 is 17.7 Å². The maximum atomic E-state index is 13.4. The summed E-state index contributed by atoms with van der Waals surface area (Å²) in [5.74, 6) is -0.0946. The van der Waals surface area contributed by atoms with E-state index in [9.17, 15) is 14.4 Å². The molecule has 3 amide bonds. The number of imidazole rings is 1. The summed E-state index contributed by atoms with van der Waals surface area (Å²) in [6, 6.07) is 6.49. The number of fused-ring (bicyclic) bond motifs is 1. The first-order valence-electron chi connectivity index (χ1n) is 11.2. The van der Waals surface area contributed by atoms with Gasteiger partial charge in [-0.25, -0.2) is 4.98 Å². The van der Waals surface area contributed by atoms with E-state index in [2.05, 4.69) is 25.4 Å². The lowest BCUT2D eigenvalue weighted by Gasteiger charge is -2.29. The summed E-state index contributed by atoms with van der Waals surface area (Å²) >= 11 is 0. The molecule has 9 nitrogen and oxygen atoms in total. The number of amides is 3. The molecular weight excluding hydrogens is 420 g/mol. The summed E-state index contributed by atoms with van der Waals surface area (Å²) in [4.78, 5) is 44.7. The van der Waals surface area contributed by atoms with Crippen LogP contribution < -0.4 is 16.0 Å². The van der Waals surface area contributed by atoms with Gasteiger partial charge in [-0.3, -0.25) is 14.4 Å². The number of hydrogen-bond donors (Lipinski definition) is 3. The van der Waals surface area contributed by atoms with Crippen molar-refractivity contribution in [2.75, 3.05) is 27.7 Å². The Bertz CT molecular complexity index is 1040. The topological polar surface area (TPSA) is 108 Å². The largest absolute Gasteiger partial charge is 0.357 e. The molecule has 33 heavy (non-hydrogen) atoms. The van der Waals surface area contributed by atoms with E-state index in [4.69, 9.17) is 4.98 Å². The third-order valence-electron chi connectivity index (χ3n) is 5.91. The number of likely N-dealkylation sites (N-methyl/N-ethyl adjacent to an activating group) is 1. The molecule has 1 atom stereocenters. The summed E-state index contributed by atoms with van der Waals surface area (Å²) in [5, 5.41) is 8.16. The molecule has 178 valence electrons. The van der Waals surface area contributed by atoms with Crippen LogP contribution in [0, 0.1) is 5.41 Å². The van der Waals surface area contributed by atoms with Crippen molar-refractivity contribution in [1.29, 1.82) is 0 Å². The van der Waals surface area contributed by atoms with Crippen LogP contribution in [0.15, 0.2) is 24.3 Å². The van der Waals surface area contributed by atoms with Gasteiger partial charge in [-0.15, -0.1) is 0 Å². The number of hydrogen-bond acceptors (Lipinski definition) is 5. The Balaban J connectivity index is 2.03. The molecular formula is C24H34N6O3. The molecule has 0 fully saturated rings. The first-order valence-corrected chi connectivity index (χ1v) is 11.2. The Morgan fingerprint density at radius 3 is 2.24 bits per heavy atom. The molecule has 1 aromatic carbocycles. The van der Waals surface area contributed by atoms with Crippen LogP contribution in [0.1, 0.15) is 53.7 Å². The number of rotatable bonds is 5. The minimum Gasteiger partial charge on any atom is -0.357 e. The zero-order valence-electron chi connectivity index (χ0n) is 20.3. The molecule has 9 heteroatoms. The van der Waals surface area contributed by atoms with Crippen LogP contribution in [0.25, 0.3) is 11.4 Å². The molecule has 0 bridgehead atoms. The predicted octanol–water partition coefficient (Wildman–Crippen LogP) is 1.64. The smallest absolute Gasteiger partial charge is 0.272 e. The zero-order chi connectivity index (χ0) is 24.3. The Hall–Kier alpha value is -3.20. The molecule has 0 spiro atoms. The first-order chi connectivity index (χ1) is 15.6. The van der Waals surface area contributed by atoms with E-state index in [0.29, 0.717) is 23.6 Å². The van der Waals surface area contributed by atoms with Crippen molar-refractivity contribution in [2.45, 2.75) is 46.3 Å². The zero-order valence-corrected chi connectivity index (χ0v) is 20.3. The molecule has 3 N–H and O–H groups in total. The Morgan fingerprint density at radius 1 is 1.00 bits per heavy atom. The Morgan fingerprint density at radius 2 is 1.67 bits per heavy atom. The molecule has 0 aliphatic carbocycles. The molecule has 2 heterocycles. The van der Waals surface area contributed by atoms with Crippen LogP contribution in [0.2, 0.25) is 0 Å². The van der Waals surface area contributed by atoms with Crippen molar-refractivity contribution in [2.24, 2.45) is 5.41 Å². The van der Waals surface area contributed by atoms with Gasteiger partial charge in [0, 0.05) is 38.3 Å². The number of nitrogens with one attached hydrogen (secondary N) is 3. The van der Waals surface area contributed by atoms with Gasteiger partial charge in [-0.1, -0.05) is 32.9 Å². The van der Waals surface area contributed by atoms with Gasteiger partial charge in [-0.2, -0.15) is 0 Å². The molecule has 0 saturated carbocycles. The summed E-state index contributed by atoms with van der Waals surface area (Å²) in [6.45, 7) is 7.94. The number of nitrogens with zero attached hydrogens (tertiary/aromatic N) is 3. The van der Waals surface area contributed by atoms with Crippen molar-refractivity contribution in [3.05, 3.63) is 41.2 Å². The van der Waals surface area contributed by atoms with Gasteiger partial charge < -0.3 is 25.4 Å². The summed E-state index contributed by atoms with van der Waals surface area (Å²) in [6.07, 6.45) is 0.924. The van der Waals surface area contributed by atoms with E-state index in [1.807, 2.05) is 40.0 Å². The van der Waals surface area contributed by atoms with Gasteiger partial charge in [0.05, 0.1) is 5.69 Å². The minimum atomic E-state index is -0.703. The van der Waals surface area contributed by atoms with Crippen LogP contribution >= 0.6 is 0 Å². The van der Waals surface area contributed by atoms with E-state index in [1.54, 1.807) is 26.2 Å². The third-order valence-corrected chi connectivity index (χ3v) is 5.91. The number of carbonyl (C=O) groups is 3. The van der Waals surface area contributed by atoms with Gasteiger partial charge in [0.2, 0.25) is 5.91 Å². The van der Waals surface area contributed by atoms with E-state index < -0.39 is 11.5 Å². The average molecular weight is 455 g/mol. The highest BCUT2D eigenvalue weighted by molar-refractivity contribution is 5.98. The number of carbonyl (C=O) groups excluding carboxylic acids is 3. The monoisotopic (exact) mass is 454 g/mol. The lowest BCUT2D eigenvalue weighted by molar-refractivity contribution is -0.124. The van der Waals surface area contributed by atoms with E-state index >= 15 is 0 Å². The van der Waals surface area contributed by atoms with Crippen molar-refractivity contribution in [3.63, 3.8) is 0 Å². The van der Waals surface area contributed by atoms with Crippen molar-refractivity contribution < 1.29 is 14.4 Å². The summed E-state index contributed by atoms with van der Waals surface area (Å²) in [7, 11) is 5.17. The quantitative estimate of drug-likeness (QED) is 0.637. The molecule has 1 aromatic heterocycles. The second-order valence-electron chi connectivity index (χ2n) is 9.52. The second kappa shape index (κ2) is 9.74. The summed E-state index contributed by atoms with van der Waals surface area (Å²) < 4.78 is 2.08. The summed E-state index contributed by atoms with van der Waals surface area (Å²) in [5.41, 5.74) is 2.06. The van der Waals surface area contributed by atoms with E-state index in [0.717, 1.165) is 30.8 Å². The number of benzene rings is 1. The molecule has 0 unspecified atom stereocenters. The van der Waals surface area contributed by atoms with Gasteiger partial charge in [-0.05, 0) is 37.6 Å². The van der Waals surface area contributed by atoms with Crippen LogP contribution in [0.5, 0.6) is 0 Å². The standard InChI is InChI=1S/C24H34N6O3/c1-24(2,3)19(23(33)26-5)28-22(32)18-17-14-29(6)12-7-13-30(17)20(27-18)15-8-10-16(11-9-15)21(31)25-4/h8-11,19H,7,12-14H2,1-6H3,(H,25,31)(H,26,33)(H,28,32)/t19-/m1/s1. The highest BCUT2D eigenvalue weighted by Gasteiger charge is 2.34. The Kier molecular flexibility index (Phi) is 7.22. The predicted molar refractivity (Wildman–Crippen MR) is 127 cm³/mol. The normalized spacial score (nSPS) is 15.2. The molecule has 3 rings (SSSR count). The fraction of sp³-hybridized carbons (Fsp3) is 0.500. The van der Waals surface area contributed by atoms with Crippen molar-refractivity contribution in [3.8, 4) is 11.4 Å². The molecule has 0 radical (unpaired) electrons. The first kappa shape index (κ1) is 24.4. The minimum absolute atomic E-state index is 0.160. The lowest BCUT2D eigenvalue weighted by atomic mass is 9.86. The highest BCUT2D eigenvalue weighted by atomic mass is 16.2. The van der Waals surface area contributed by atoms with E-state index in [-0.39, 0.29) is 17.7 Å². The molecule has 0 saturated heterocycles. The molecule has 1 aliphatic heterocycles. The van der Waals surface area contributed by atoms with Gasteiger partial charge >= 0.3 is 0 Å². The fourth-order valence-corrected chi connectivity index (χ4v) is 4.06. The maximum absolute atomic E-state index is 13.4. The SMILES string of the molecule is CNC(=O)c1ccc(-c2nc(C(=O)N[C@H](C(=O)NC)C(C)(C)C)c3n2CCCN(C)C3)cc1. The van der Waals surface area contributed by atoms with Gasteiger partial charge in [0.1, 0.15) is 11.9 Å². The maximum Gasteiger partial charge on any atom is 0.272 e. The molecule has 2 aromatic rings. The fourth-order valence-electron chi connectivity index (χ4n) is 4.06. The lowest BCUT2D eigenvalue weighted by Crippen LogP contribution is -2.53. The van der Waals surface area contributed by atoms with Crippen LogP contribution in [0.3, 0.4) is 0 Å².